The third-order valence-electron chi connectivity index (χ3n) is 2.65. The molecule has 7 heteroatoms. The molecule has 1 heterocycles. The van der Waals surface area contributed by atoms with Crippen LogP contribution in [0.4, 0.5) is 13.2 Å². The van der Waals surface area contributed by atoms with E-state index >= 15 is 0 Å². The van der Waals surface area contributed by atoms with E-state index in [1.54, 1.807) is 0 Å². The number of likely N-dealkylation sites (tertiary alicyclic amines) is 1. The molecule has 1 amide bonds. The second-order valence-corrected chi connectivity index (χ2v) is 3.77. The van der Waals surface area contributed by atoms with Crippen molar-refractivity contribution < 1.29 is 27.9 Å². The van der Waals surface area contributed by atoms with E-state index in [9.17, 15) is 22.8 Å². The highest BCUT2D eigenvalue weighted by molar-refractivity contribution is 5.82. The number of hydrogen-bond acceptors (Lipinski definition) is 2. The van der Waals surface area contributed by atoms with Crippen molar-refractivity contribution in [2.45, 2.75) is 44.4 Å². The molecule has 1 fully saturated rings. The van der Waals surface area contributed by atoms with Crippen molar-refractivity contribution in [1.29, 1.82) is 0 Å². The molecule has 0 unspecified atom stereocenters. The van der Waals surface area contributed by atoms with Crippen LogP contribution in [-0.2, 0) is 9.59 Å². The smallest absolute Gasteiger partial charge is 0.408 e. The van der Waals surface area contributed by atoms with Gasteiger partial charge in [0.25, 0.3) is 0 Å². The normalized spacial score (nSPS) is 26.6. The highest BCUT2D eigenvalue weighted by Gasteiger charge is 2.50. The fraction of sp³-hybridized carbons (Fsp3) is 0.778. The predicted molar refractivity (Wildman–Crippen MR) is 47.6 cm³/mol. The fourth-order valence-corrected chi connectivity index (χ4v) is 2.00. The molecule has 2 atom stereocenters. The molecule has 0 aliphatic carbocycles. The minimum atomic E-state index is -4.57. The number of alkyl halides is 3. The Kier molecular flexibility index (Phi) is 3.44. The van der Waals surface area contributed by atoms with E-state index in [0.717, 1.165) is 6.92 Å². The van der Waals surface area contributed by atoms with Gasteiger partial charge < -0.3 is 10.0 Å². The minimum Gasteiger partial charge on any atom is -0.480 e. The lowest BCUT2D eigenvalue weighted by Gasteiger charge is -2.40. The second kappa shape index (κ2) is 4.31. The van der Waals surface area contributed by atoms with Crippen molar-refractivity contribution in [3.8, 4) is 0 Å². The minimum absolute atomic E-state index is 0.0709. The van der Waals surface area contributed by atoms with Crippen molar-refractivity contribution in [3.05, 3.63) is 0 Å². The number of hydrogen-bond donors (Lipinski definition) is 1. The zero-order valence-corrected chi connectivity index (χ0v) is 8.62. The summed E-state index contributed by atoms with van der Waals surface area (Å²) in [4.78, 5) is 22.4. The summed E-state index contributed by atoms with van der Waals surface area (Å²) >= 11 is 0. The number of halogens is 3. The van der Waals surface area contributed by atoms with E-state index in [-0.39, 0.29) is 19.3 Å². The first-order valence-electron chi connectivity index (χ1n) is 4.83. The van der Waals surface area contributed by atoms with Crippen molar-refractivity contribution >= 4 is 11.9 Å². The average Bonchev–Trinajstić information content (AvgIpc) is 2.14. The van der Waals surface area contributed by atoms with Gasteiger partial charge in [0, 0.05) is 6.92 Å². The monoisotopic (exact) mass is 239 g/mol. The highest BCUT2D eigenvalue weighted by Crippen LogP contribution is 2.34. The maximum Gasteiger partial charge on any atom is 0.408 e. The molecule has 1 N–H and O–H groups in total. The molecule has 1 saturated heterocycles. The molecule has 0 aromatic heterocycles. The van der Waals surface area contributed by atoms with Crippen LogP contribution in [0.2, 0.25) is 0 Å². The third-order valence-corrected chi connectivity index (χ3v) is 2.65. The number of nitrogens with zero attached hydrogens (tertiary/aromatic N) is 1. The Morgan fingerprint density at radius 1 is 1.31 bits per heavy atom. The maximum absolute atomic E-state index is 12.6. The maximum atomic E-state index is 12.6. The molecule has 0 spiro atoms. The van der Waals surface area contributed by atoms with Crippen LogP contribution in [0.1, 0.15) is 26.2 Å². The summed E-state index contributed by atoms with van der Waals surface area (Å²) in [6.45, 7) is 0.958. The van der Waals surface area contributed by atoms with E-state index < -0.39 is 30.1 Å². The lowest BCUT2D eigenvalue weighted by molar-refractivity contribution is -0.204. The number of carbonyl (C=O) groups is 2. The number of carboxylic acid groups (broad SMARTS) is 1. The van der Waals surface area contributed by atoms with Crippen LogP contribution in [0.15, 0.2) is 0 Å². The molecule has 1 aliphatic rings. The van der Waals surface area contributed by atoms with Gasteiger partial charge >= 0.3 is 12.1 Å². The van der Waals surface area contributed by atoms with Gasteiger partial charge in [0.2, 0.25) is 5.91 Å². The number of carboxylic acids is 1. The standard InChI is InChI=1S/C9H12F3NO3/c1-5(14)13-6(8(15)16)3-2-4-7(13)9(10,11)12/h6-7H,2-4H2,1H3,(H,15,16)/t6-,7+/m1/s1. The topological polar surface area (TPSA) is 57.6 Å². The molecule has 1 aliphatic heterocycles. The summed E-state index contributed by atoms with van der Waals surface area (Å²) in [6, 6.07) is -3.34. The zero-order valence-electron chi connectivity index (χ0n) is 8.62. The molecule has 0 saturated carbocycles. The third kappa shape index (κ3) is 2.45. The highest BCUT2D eigenvalue weighted by atomic mass is 19.4. The lowest BCUT2D eigenvalue weighted by Crippen LogP contribution is -2.57. The Bertz CT molecular complexity index is 303. The fourth-order valence-electron chi connectivity index (χ4n) is 2.00. The lowest BCUT2D eigenvalue weighted by atomic mass is 9.95. The van der Waals surface area contributed by atoms with Gasteiger partial charge in [-0.25, -0.2) is 4.79 Å². The van der Waals surface area contributed by atoms with Crippen LogP contribution >= 0.6 is 0 Å². The summed E-state index contributed by atoms with van der Waals surface area (Å²) in [6.07, 6.45) is -4.57. The Morgan fingerprint density at radius 2 is 1.88 bits per heavy atom. The Hall–Kier alpha value is -1.27. The average molecular weight is 239 g/mol. The summed E-state index contributed by atoms with van der Waals surface area (Å²) in [5.74, 6) is -2.24. The number of amides is 1. The second-order valence-electron chi connectivity index (χ2n) is 3.77. The molecule has 92 valence electrons. The van der Waals surface area contributed by atoms with Gasteiger partial charge in [-0.1, -0.05) is 0 Å². The van der Waals surface area contributed by atoms with Gasteiger partial charge in [-0.2, -0.15) is 13.2 Å². The Labute approximate surface area is 90.0 Å². The first-order valence-corrected chi connectivity index (χ1v) is 4.83. The van der Waals surface area contributed by atoms with Crippen LogP contribution in [0.25, 0.3) is 0 Å². The van der Waals surface area contributed by atoms with Crippen molar-refractivity contribution in [2.24, 2.45) is 0 Å². The van der Waals surface area contributed by atoms with Gasteiger partial charge in [-0.15, -0.1) is 0 Å². The van der Waals surface area contributed by atoms with Gasteiger partial charge in [-0.3, -0.25) is 4.79 Å². The van der Waals surface area contributed by atoms with E-state index in [2.05, 4.69) is 0 Å². The van der Waals surface area contributed by atoms with Crippen LogP contribution in [0.3, 0.4) is 0 Å². The van der Waals surface area contributed by atoms with Crippen molar-refractivity contribution in [3.63, 3.8) is 0 Å². The molecular weight excluding hydrogens is 227 g/mol. The SMILES string of the molecule is CC(=O)N1[C@@H](C(=O)O)CCC[C@H]1C(F)(F)F. The molecule has 0 bridgehead atoms. The van der Waals surface area contributed by atoms with Gasteiger partial charge in [0.15, 0.2) is 0 Å². The van der Waals surface area contributed by atoms with Crippen LogP contribution in [0.5, 0.6) is 0 Å². The van der Waals surface area contributed by atoms with E-state index in [1.165, 1.54) is 0 Å². The largest absolute Gasteiger partial charge is 0.480 e. The van der Waals surface area contributed by atoms with Gasteiger partial charge in [0.05, 0.1) is 0 Å². The van der Waals surface area contributed by atoms with E-state index in [1.807, 2.05) is 0 Å². The molecular formula is C9H12F3NO3. The first kappa shape index (κ1) is 12.8. The van der Waals surface area contributed by atoms with Gasteiger partial charge in [0.1, 0.15) is 12.1 Å². The molecule has 0 aromatic carbocycles. The zero-order chi connectivity index (χ0) is 12.5. The first-order chi connectivity index (χ1) is 7.25. The van der Waals surface area contributed by atoms with E-state index in [0.29, 0.717) is 4.90 Å². The van der Waals surface area contributed by atoms with E-state index in [4.69, 9.17) is 5.11 Å². The summed E-state index contributed by atoms with van der Waals surface area (Å²) < 4.78 is 37.8. The number of piperidine rings is 1. The quantitative estimate of drug-likeness (QED) is 0.752. The molecule has 16 heavy (non-hydrogen) atoms. The molecule has 1 rings (SSSR count). The number of aliphatic carboxylic acids is 1. The van der Waals surface area contributed by atoms with Crippen molar-refractivity contribution in [1.82, 2.24) is 4.90 Å². The van der Waals surface area contributed by atoms with Crippen molar-refractivity contribution in [2.75, 3.05) is 0 Å². The summed E-state index contributed by atoms with van der Waals surface area (Å²) in [5, 5.41) is 8.78. The summed E-state index contributed by atoms with van der Waals surface area (Å²) in [5.41, 5.74) is 0. The number of carbonyl (C=O) groups excluding carboxylic acids is 1. The summed E-state index contributed by atoms with van der Waals surface area (Å²) in [7, 11) is 0. The Balaban J connectivity index is 3.00. The molecule has 0 radical (unpaired) electrons. The molecule has 0 aromatic rings. The molecule has 4 nitrogen and oxygen atoms in total. The van der Waals surface area contributed by atoms with Crippen LogP contribution < -0.4 is 0 Å². The van der Waals surface area contributed by atoms with Crippen LogP contribution in [0, 0.1) is 0 Å². The predicted octanol–water partition coefficient (Wildman–Crippen LogP) is 1.40. The van der Waals surface area contributed by atoms with Gasteiger partial charge in [-0.05, 0) is 19.3 Å². The number of rotatable bonds is 1. The van der Waals surface area contributed by atoms with Crippen LogP contribution in [-0.4, -0.2) is 40.1 Å². The Morgan fingerprint density at radius 3 is 2.25 bits per heavy atom.